The summed E-state index contributed by atoms with van der Waals surface area (Å²) in [4.78, 5) is 13.5. The number of aryl methyl sites for hydroxylation is 1. The molecule has 20 heavy (non-hydrogen) atoms. The van der Waals surface area contributed by atoms with Gasteiger partial charge in [-0.25, -0.2) is 8.42 Å². The Bertz CT molecular complexity index is 749. The fourth-order valence-corrected chi connectivity index (χ4v) is 2.96. The van der Waals surface area contributed by atoms with Crippen molar-refractivity contribution < 1.29 is 18.1 Å². The summed E-state index contributed by atoms with van der Waals surface area (Å²) < 4.78 is 30.4. The Labute approximate surface area is 114 Å². The molecule has 1 heterocycles. The molecule has 1 aromatic carbocycles. The second-order valence-electron chi connectivity index (χ2n) is 3.88. The van der Waals surface area contributed by atoms with Crippen molar-refractivity contribution in [2.45, 2.75) is 11.8 Å². The van der Waals surface area contributed by atoms with Crippen molar-refractivity contribution in [1.29, 1.82) is 0 Å². The van der Waals surface area contributed by atoms with Crippen LogP contribution in [0.1, 0.15) is 5.82 Å². The van der Waals surface area contributed by atoms with Crippen molar-refractivity contribution >= 4 is 15.8 Å². The van der Waals surface area contributed by atoms with Gasteiger partial charge in [-0.2, -0.15) is 3.97 Å². The summed E-state index contributed by atoms with van der Waals surface area (Å²) in [5.41, 5.74) is 0. The van der Waals surface area contributed by atoms with E-state index in [1.165, 1.54) is 38.3 Å². The van der Waals surface area contributed by atoms with E-state index in [2.05, 4.69) is 4.98 Å². The number of imidazole rings is 1. The topological polar surface area (TPSA) is 104 Å². The molecule has 0 aliphatic carbocycles. The summed E-state index contributed by atoms with van der Waals surface area (Å²) in [7, 11) is -2.45. The molecule has 2 rings (SSSR count). The lowest BCUT2D eigenvalue weighted by Gasteiger charge is -2.06. The molecule has 0 saturated carbocycles. The fourth-order valence-electron chi connectivity index (χ4n) is 1.63. The van der Waals surface area contributed by atoms with Crippen molar-refractivity contribution in [1.82, 2.24) is 8.96 Å². The molecule has 0 bridgehead atoms. The van der Waals surface area contributed by atoms with Crippen molar-refractivity contribution in [2.75, 3.05) is 7.11 Å². The standard InChI is InChI=1S/C11H11N3O5S/c1-8-12-11(14(15)16)7-13(8)20(17,18)10-5-3-9(19-2)4-6-10/h3-7H,1-2H3. The molecular weight excluding hydrogens is 286 g/mol. The number of ether oxygens (including phenoxy) is 1. The second-order valence-corrected chi connectivity index (χ2v) is 5.69. The van der Waals surface area contributed by atoms with Crippen LogP contribution in [0.25, 0.3) is 0 Å². The van der Waals surface area contributed by atoms with Gasteiger partial charge in [0.1, 0.15) is 11.9 Å². The van der Waals surface area contributed by atoms with Crippen molar-refractivity contribution in [3.05, 3.63) is 46.4 Å². The van der Waals surface area contributed by atoms with E-state index in [-0.39, 0.29) is 10.7 Å². The van der Waals surface area contributed by atoms with Crippen LogP contribution in [0.5, 0.6) is 5.75 Å². The van der Waals surface area contributed by atoms with Crippen molar-refractivity contribution in [2.24, 2.45) is 0 Å². The predicted octanol–water partition coefficient (Wildman–Crippen LogP) is 1.35. The number of benzene rings is 1. The van der Waals surface area contributed by atoms with E-state index in [1.807, 2.05) is 0 Å². The first-order valence-electron chi connectivity index (χ1n) is 5.46. The van der Waals surface area contributed by atoms with Gasteiger partial charge in [0.05, 0.1) is 12.0 Å². The minimum Gasteiger partial charge on any atom is -0.497 e. The maximum atomic E-state index is 12.3. The maximum absolute atomic E-state index is 12.3. The van der Waals surface area contributed by atoms with Gasteiger partial charge in [-0.1, -0.05) is 0 Å². The Hall–Kier alpha value is -2.42. The van der Waals surface area contributed by atoms with Gasteiger partial charge in [-0.05, 0) is 34.2 Å². The smallest absolute Gasteiger partial charge is 0.383 e. The summed E-state index contributed by atoms with van der Waals surface area (Å²) in [5, 5.41) is 10.6. The third-order valence-electron chi connectivity index (χ3n) is 2.63. The van der Waals surface area contributed by atoms with E-state index in [1.54, 1.807) is 0 Å². The van der Waals surface area contributed by atoms with Crippen LogP contribution in [-0.2, 0) is 10.0 Å². The molecule has 0 radical (unpaired) electrons. The molecule has 106 valence electrons. The second kappa shape index (κ2) is 4.93. The first-order valence-corrected chi connectivity index (χ1v) is 6.90. The molecule has 0 amide bonds. The van der Waals surface area contributed by atoms with Gasteiger partial charge in [-0.15, -0.1) is 0 Å². The normalized spacial score (nSPS) is 11.3. The molecule has 8 nitrogen and oxygen atoms in total. The van der Waals surface area contributed by atoms with Crippen LogP contribution in [0.3, 0.4) is 0 Å². The molecule has 9 heteroatoms. The Morgan fingerprint density at radius 1 is 1.30 bits per heavy atom. The minimum absolute atomic E-state index is 0.00584. The highest BCUT2D eigenvalue weighted by molar-refractivity contribution is 7.90. The van der Waals surface area contributed by atoms with Gasteiger partial charge in [0, 0.05) is 6.92 Å². The molecule has 0 spiro atoms. The zero-order chi connectivity index (χ0) is 14.9. The monoisotopic (exact) mass is 297 g/mol. The molecule has 0 N–H and O–H groups in total. The number of hydrogen-bond donors (Lipinski definition) is 0. The Morgan fingerprint density at radius 3 is 2.35 bits per heavy atom. The maximum Gasteiger partial charge on any atom is 0.383 e. The summed E-state index contributed by atoms with van der Waals surface area (Å²) >= 11 is 0. The van der Waals surface area contributed by atoms with Gasteiger partial charge in [-0.3, -0.25) is 0 Å². The first kappa shape index (κ1) is 14.0. The van der Waals surface area contributed by atoms with Crippen LogP contribution >= 0.6 is 0 Å². The van der Waals surface area contributed by atoms with E-state index in [9.17, 15) is 18.5 Å². The number of nitro groups is 1. The lowest BCUT2D eigenvalue weighted by atomic mass is 10.3. The molecule has 2 aromatic rings. The van der Waals surface area contributed by atoms with Crippen molar-refractivity contribution in [3.63, 3.8) is 0 Å². The van der Waals surface area contributed by atoms with E-state index in [0.29, 0.717) is 5.75 Å². The quantitative estimate of drug-likeness (QED) is 0.623. The number of nitrogens with zero attached hydrogens (tertiary/aromatic N) is 3. The number of aromatic nitrogens is 2. The van der Waals surface area contributed by atoms with Crippen LogP contribution in [0.4, 0.5) is 5.82 Å². The van der Waals surface area contributed by atoms with Crippen LogP contribution < -0.4 is 4.74 Å². The molecule has 1 aromatic heterocycles. The lowest BCUT2D eigenvalue weighted by molar-refractivity contribution is -0.389. The third-order valence-corrected chi connectivity index (χ3v) is 4.39. The zero-order valence-corrected chi connectivity index (χ0v) is 11.5. The van der Waals surface area contributed by atoms with Gasteiger partial charge < -0.3 is 14.9 Å². The molecule has 0 unspecified atom stereocenters. The third kappa shape index (κ3) is 2.35. The number of methoxy groups -OCH3 is 1. The molecule has 0 saturated heterocycles. The van der Waals surface area contributed by atoms with Gasteiger partial charge in [0.15, 0.2) is 0 Å². The summed E-state index contributed by atoms with van der Waals surface area (Å²) in [6, 6.07) is 5.71. The molecule has 0 fully saturated rings. The minimum atomic E-state index is -3.91. The largest absolute Gasteiger partial charge is 0.497 e. The Kier molecular flexibility index (Phi) is 3.45. The van der Waals surface area contributed by atoms with E-state index in [4.69, 9.17) is 4.74 Å². The summed E-state index contributed by atoms with van der Waals surface area (Å²) in [6.07, 6.45) is 0.884. The molecule has 0 atom stereocenters. The average molecular weight is 297 g/mol. The van der Waals surface area contributed by atoms with Gasteiger partial charge in [0.25, 0.3) is 10.0 Å². The molecule has 0 aliphatic heterocycles. The van der Waals surface area contributed by atoms with E-state index in [0.717, 1.165) is 10.2 Å². The highest BCUT2D eigenvalue weighted by Gasteiger charge is 2.25. The average Bonchev–Trinajstić information content (AvgIpc) is 2.82. The summed E-state index contributed by atoms with van der Waals surface area (Å²) in [6.45, 7) is 1.38. The summed E-state index contributed by atoms with van der Waals surface area (Å²) in [5.74, 6) is 0.0180. The van der Waals surface area contributed by atoms with E-state index < -0.39 is 20.8 Å². The SMILES string of the molecule is COc1ccc(S(=O)(=O)n2cc([N+](=O)[O-])nc2C)cc1. The van der Waals surface area contributed by atoms with Gasteiger partial charge in [0.2, 0.25) is 5.82 Å². The van der Waals surface area contributed by atoms with E-state index >= 15 is 0 Å². The van der Waals surface area contributed by atoms with Crippen LogP contribution in [0, 0.1) is 17.0 Å². The van der Waals surface area contributed by atoms with Gasteiger partial charge >= 0.3 is 5.82 Å². The predicted molar refractivity (Wildman–Crippen MR) is 69.2 cm³/mol. The molecule has 0 aliphatic rings. The Balaban J connectivity index is 2.51. The highest BCUT2D eigenvalue weighted by atomic mass is 32.2. The molecular formula is C11H11N3O5S. The van der Waals surface area contributed by atoms with Crippen LogP contribution in [-0.4, -0.2) is 29.4 Å². The first-order chi connectivity index (χ1) is 9.36. The number of rotatable bonds is 4. The van der Waals surface area contributed by atoms with Crippen molar-refractivity contribution in [3.8, 4) is 5.75 Å². The number of hydrogen-bond acceptors (Lipinski definition) is 6. The fraction of sp³-hybridized carbons (Fsp3) is 0.182. The highest BCUT2D eigenvalue weighted by Crippen LogP contribution is 2.21. The Morgan fingerprint density at radius 2 is 1.90 bits per heavy atom. The van der Waals surface area contributed by atoms with Crippen LogP contribution in [0.15, 0.2) is 35.4 Å². The zero-order valence-electron chi connectivity index (χ0n) is 10.7. The lowest BCUT2D eigenvalue weighted by Crippen LogP contribution is -2.13. The van der Waals surface area contributed by atoms with Crippen LogP contribution in [0.2, 0.25) is 0 Å².